The Labute approximate surface area is 131 Å². The van der Waals surface area contributed by atoms with Gasteiger partial charge in [-0.15, -0.1) is 0 Å². The van der Waals surface area contributed by atoms with Crippen molar-refractivity contribution in [1.82, 2.24) is 10.3 Å². The number of para-hydroxylation sites is 1. The highest BCUT2D eigenvalue weighted by Crippen LogP contribution is 2.40. The molecule has 1 saturated heterocycles. The molecule has 2 heterocycles. The minimum Gasteiger partial charge on any atom is -0.456 e. The van der Waals surface area contributed by atoms with Gasteiger partial charge in [-0.25, -0.2) is 0 Å². The number of nitrogens with zero attached hydrogens (tertiary/aromatic N) is 1. The van der Waals surface area contributed by atoms with Gasteiger partial charge in [0, 0.05) is 12.2 Å². The minimum atomic E-state index is 0.614. The van der Waals surface area contributed by atoms with Gasteiger partial charge in [-0.3, -0.25) is 4.98 Å². The Morgan fingerprint density at radius 2 is 1.91 bits per heavy atom. The molecule has 1 aliphatic heterocycles. The molecule has 2 aromatic rings. The molecule has 3 nitrogen and oxygen atoms in total. The lowest BCUT2D eigenvalue weighted by atomic mass is 9.73. The molecule has 3 heteroatoms. The maximum absolute atomic E-state index is 5.93. The smallest absolute Gasteiger partial charge is 0.145 e. The Hall–Kier alpha value is -1.87. The number of fused-ring (bicyclic) bond motifs is 2. The van der Waals surface area contributed by atoms with E-state index in [0.29, 0.717) is 12.0 Å². The third kappa shape index (κ3) is 3.00. The van der Waals surface area contributed by atoms with Crippen LogP contribution in [0.25, 0.3) is 0 Å². The fourth-order valence-electron chi connectivity index (χ4n) is 3.94. The third-order valence-electron chi connectivity index (χ3n) is 4.97. The summed E-state index contributed by atoms with van der Waals surface area (Å²) in [6, 6.07) is 12.8. The molecule has 0 radical (unpaired) electrons. The second kappa shape index (κ2) is 6.09. The summed E-state index contributed by atoms with van der Waals surface area (Å²) in [4.78, 5) is 4.40. The summed E-state index contributed by atoms with van der Waals surface area (Å²) in [6.45, 7) is 1.19. The molecule has 0 amide bonds. The van der Waals surface area contributed by atoms with Crippen LogP contribution in [0.4, 0.5) is 0 Å². The van der Waals surface area contributed by atoms with Gasteiger partial charge in [0.1, 0.15) is 11.5 Å². The van der Waals surface area contributed by atoms with Crippen LogP contribution < -0.4 is 10.1 Å². The maximum Gasteiger partial charge on any atom is 0.145 e. The molecule has 2 fully saturated rings. The van der Waals surface area contributed by atoms with Crippen molar-refractivity contribution in [2.45, 2.75) is 37.6 Å². The zero-order chi connectivity index (χ0) is 14.8. The summed E-state index contributed by atoms with van der Waals surface area (Å²) < 4.78 is 5.93. The predicted octanol–water partition coefficient (Wildman–Crippen LogP) is 4.12. The average Bonchev–Trinajstić information content (AvgIpc) is 2.56. The molecule has 1 N–H and O–H groups in total. The van der Waals surface area contributed by atoms with Gasteiger partial charge in [-0.2, -0.15) is 0 Å². The standard InChI is InChI=1S/C19H22N2O/c1-2-4-18(5-3-1)22-19-11-16(12-20-13-19)15-8-14-6-7-21-17(9-14)10-15/h1-5,11-15,17,21H,6-10H2. The van der Waals surface area contributed by atoms with Crippen molar-refractivity contribution in [3.05, 3.63) is 54.4 Å². The van der Waals surface area contributed by atoms with E-state index in [1.165, 1.54) is 37.8 Å². The number of rotatable bonds is 3. The Morgan fingerprint density at radius 1 is 1.00 bits per heavy atom. The molecule has 3 atom stereocenters. The van der Waals surface area contributed by atoms with E-state index in [1.54, 1.807) is 6.20 Å². The highest BCUT2D eigenvalue weighted by molar-refractivity contribution is 5.32. The van der Waals surface area contributed by atoms with Crippen LogP contribution in [0.5, 0.6) is 11.5 Å². The van der Waals surface area contributed by atoms with Gasteiger partial charge in [-0.05, 0) is 67.8 Å². The van der Waals surface area contributed by atoms with Crippen molar-refractivity contribution in [3.8, 4) is 11.5 Å². The molecule has 1 aromatic carbocycles. The van der Waals surface area contributed by atoms with Crippen LogP contribution in [-0.2, 0) is 0 Å². The van der Waals surface area contributed by atoms with Crippen LogP contribution in [0.1, 0.15) is 37.2 Å². The highest BCUT2D eigenvalue weighted by Gasteiger charge is 2.32. The molecule has 1 aliphatic carbocycles. The van der Waals surface area contributed by atoms with Crippen LogP contribution in [0.3, 0.4) is 0 Å². The van der Waals surface area contributed by atoms with E-state index in [9.17, 15) is 0 Å². The topological polar surface area (TPSA) is 34.1 Å². The fraction of sp³-hybridized carbons (Fsp3) is 0.421. The Balaban J connectivity index is 1.52. The van der Waals surface area contributed by atoms with E-state index in [2.05, 4.69) is 16.4 Å². The zero-order valence-corrected chi connectivity index (χ0v) is 12.7. The molecule has 1 aromatic heterocycles. The summed E-state index contributed by atoms with van der Waals surface area (Å²) in [5.74, 6) is 3.20. The third-order valence-corrected chi connectivity index (χ3v) is 4.97. The van der Waals surface area contributed by atoms with Gasteiger partial charge in [0.25, 0.3) is 0 Å². The Kier molecular flexibility index (Phi) is 3.81. The number of piperidine rings is 1. The first-order valence-corrected chi connectivity index (χ1v) is 8.28. The number of nitrogens with one attached hydrogen (secondary N) is 1. The van der Waals surface area contributed by atoms with Crippen LogP contribution in [0.15, 0.2) is 48.8 Å². The van der Waals surface area contributed by atoms with Crippen molar-refractivity contribution in [3.63, 3.8) is 0 Å². The molecule has 0 spiro atoms. The van der Waals surface area contributed by atoms with E-state index >= 15 is 0 Å². The number of pyridine rings is 1. The molecule has 3 unspecified atom stereocenters. The van der Waals surface area contributed by atoms with E-state index in [1.807, 2.05) is 36.5 Å². The van der Waals surface area contributed by atoms with Crippen LogP contribution in [0, 0.1) is 5.92 Å². The molecule has 4 rings (SSSR count). The van der Waals surface area contributed by atoms with Crippen molar-refractivity contribution < 1.29 is 4.74 Å². The van der Waals surface area contributed by atoms with Gasteiger partial charge in [0.2, 0.25) is 0 Å². The molecule has 22 heavy (non-hydrogen) atoms. The second-order valence-corrected chi connectivity index (χ2v) is 6.58. The SMILES string of the molecule is c1ccc(Oc2cncc(C3CC4CCNC(C4)C3)c2)cc1. The first-order valence-electron chi connectivity index (χ1n) is 8.28. The summed E-state index contributed by atoms with van der Waals surface area (Å²) in [5, 5.41) is 3.65. The minimum absolute atomic E-state index is 0.614. The van der Waals surface area contributed by atoms with Gasteiger partial charge < -0.3 is 10.1 Å². The Bertz CT molecular complexity index is 616. The van der Waals surface area contributed by atoms with Crippen LogP contribution >= 0.6 is 0 Å². The van der Waals surface area contributed by atoms with Gasteiger partial charge in [0.05, 0.1) is 6.20 Å². The Morgan fingerprint density at radius 3 is 2.77 bits per heavy atom. The number of hydrogen-bond acceptors (Lipinski definition) is 3. The molecule has 1 saturated carbocycles. The van der Waals surface area contributed by atoms with E-state index in [-0.39, 0.29) is 0 Å². The number of ether oxygens (including phenoxy) is 1. The van der Waals surface area contributed by atoms with Gasteiger partial charge >= 0.3 is 0 Å². The lowest BCUT2D eigenvalue weighted by Crippen LogP contribution is -2.42. The van der Waals surface area contributed by atoms with Crippen LogP contribution in [0.2, 0.25) is 0 Å². The predicted molar refractivity (Wildman–Crippen MR) is 87.2 cm³/mol. The first kappa shape index (κ1) is 13.8. The largest absolute Gasteiger partial charge is 0.456 e. The van der Waals surface area contributed by atoms with Gasteiger partial charge in [0.15, 0.2) is 0 Å². The normalized spacial score (nSPS) is 27.4. The van der Waals surface area contributed by atoms with E-state index < -0.39 is 0 Å². The van der Waals surface area contributed by atoms with Crippen molar-refractivity contribution >= 4 is 0 Å². The molecule has 114 valence electrons. The van der Waals surface area contributed by atoms with Crippen molar-refractivity contribution in [2.75, 3.05) is 6.54 Å². The summed E-state index contributed by atoms with van der Waals surface area (Å²) in [6.07, 6.45) is 9.02. The molecular weight excluding hydrogens is 272 g/mol. The monoisotopic (exact) mass is 294 g/mol. The number of hydrogen-bond donors (Lipinski definition) is 1. The quantitative estimate of drug-likeness (QED) is 0.924. The molecule has 2 bridgehead atoms. The van der Waals surface area contributed by atoms with E-state index in [4.69, 9.17) is 4.74 Å². The lowest BCUT2D eigenvalue weighted by Gasteiger charge is -2.39. The van der Waals surface area contributed by atoms with E-state index in [0.717, 1.165) is 17.4 Å². The zero-order valence-electron chi connectivity index (χ0n) is 12.7. The number of aromatic nitrogens is 1. The van der Waals surface area contributed by atoms with Crippen molar-refractivity contribution in [1.29, 1.82) is 0 Å². The van der Waals surface area contributed by atoms with Crippen LogP contribution in [-0.4, -0.2) is 17.6 Å². The molecular formula is C19H22N2O. The fourth-order valence-corrected chi connectivity index (χ4v) is 3.94. The summed E-state index contributed by atoms with van der Waals surface area (Å²) in [5.41, 5.74) is 1.33. The summed E-state index contributed by atoms with van der Waals surface area (Å²) >= 11 is 0. The second-order valence-electron chi connectivity index (χ2n) is 6.58. The maximum atomic E-state index is 5.93. The van der Waals surface area contributed by atoms with Crippen molar-refractivity contribution in [2.24, 2.45) is 5.92 Å². The lowest BCUT2D eigenvalue weighted by molar-refractivity contribution is 0.202. The van der Waals surface area contributed by atoms with Gasteiger partial charge in [-0.1, -0.05) is 18.2 Å². The first-order chi connectivity index (χ1) is 10.9. The summed E-state index contributed by atoms with van der Waals surface area (Å²) in [7, 11) is 0. The highest BCUT2D eigenvalue weighted by atomic mass is 16.5. The molecule has 2 aliphatic rings. The average molecular weight is 294 g/mol. The number of benzene rings is 1.